The van der Waals surface area contributed by atoms with Crippen molar-refractivity contribution in [1.82, 2.24) is 14.7 Å². The third-order valence-electron chi connectivity index (χ3n) is 4.04. The SMILES string of the molecule is NCC1CCCCN1C(=O)c1ccn(-c2cccc(F)c2)n1. The first-order valence-electron chi connectivity index (χ1n) is 7.51. The summed E-state index contributed by atoms with van der Waals surface area (Å²) in [5, 5.41) is 4.28. The number of carbonyl (C=O) groups is 1. The molecule has 1 aliphatic heterocycles. The molecule has 0 radical (unpaired) electrons. The Morgan fingerprint density at radius 2 is 2.23 bits per heavy atom. The van der Waals surface area contributed by atoms with Crippen LogP contribution in [-0.2, 0) is 0 Å². The number of hydrogen-bond donors (Lipinski definition) is 1. The first-order valence-corrected chi connectivity index (χ1v) is 7.51. The Hall–Kier alpha value is -2.21. The number of benzene rings is 1. The zero-order valence-corrected chi connectivity index (χ0v) is 12.3. The lowest BCUT2D eigenvalue weighted by molar-refractivity contribution is 0.0617. The van der Waals surface area contributed by atoms with E-state index in [0.29, 0.717) is 24.5 Å². The molecule has 0 bridgehead atoms. The lowest BCUT2D eigenvalue weighted by atomic mass is 10.0. The summed E-state index contributed by atoms with van der Waals surface area (Å²) in [6.45, 7) is 1.18. The number of rotatable bonds is 3. The molecule has 22 heavy (non-hydrogen) atoms. The van der Waals surface area contributed by atoms with E-state index in [1.165, 1.54) is 16.8 Å². The van der Waals surface area contributed by atoms with Gasteiger partial charge in [-0.05, 0) is 43.5 Å². The second-order valence-corrected chi connectivity index (χ2v) is 5.51. The number of carbonyl (C=O) groups excluding carboxylic acids is 1. The molecule has 1 aromatic carbocycles. The third-order valence-corrected chi connectivity index (χ3v) is 4.04. The molecule has 2 heterocycles. The van der Waals surface area contributed by atoms with Crippen LogP contribution in [0, 0.1) is 5.82 Å². The molecule has 1 atom stereocenters. The van der Waals surface area contributed by atoms with E-state index >= 15 is 0 Å². The molecule has 2 N–H and O–H groups in total. The number of piperidine rings is 1. The van der Waals surface area contributed by atoms with E-state index in [4.69, 9.17) is 5.73 Å². The molecule has 1 aromatic heterocycles. The zero-order chi connectivity index (χ0) is 15.5. The van der Waals surface area contributed by atoms with E-state index in [2.05, 4.69) is 5.10 Å². The molecule has 0 aliphatic carbocycles. The number of nitrogens with two attached hydrogens (primary N) is 1. The standard InChI is InChI=1S/C16H19FN4O/c17-12-4-3-6-13(10-12)21-9-7-15(19-21)16(22)20-8-2-1-5-14(20)11-18/h3-4,6-7,9-10,14H,1-2,5,8,11,18H2. The number of aromatic nitrogens is 2. The largest absolute Gasteiger partial charge is 0.333 e. The highest BCUT2D eigenvalue weighted by Gasteiger charge is 2.27. The lowest BCUT2D eigenvalue weighted by Crippen LogP contribution is -2.47. The van der Waals surface area contributed by atoms with Gasteiger partial charge in [0, 0.05) is 25.3 Å². The maximum Gasteiger partial charge on any atom is 0.274 e. The van der Waals surface area contributed by atoms with Crippen molar-refractivity contribution in [2.45, 2.75) is 25.3 Å². The molecule has 1 unspecified atom stereocenters. The third kappa shape index (κ3) is 2.87. The second-order valence-electron chi connectivity index (χ2n) is 5.51. The Balaban J connectivity index is 1.82. The highest BCUT2D eigenvalue weighted by Crippen LogP contribution is 2.19. The van der Waals surface area contributed by atoms with Crippen LogP contribution in [0.4, 0.5) is 4.39 Å². The van der Waals surface area contributed by atoms with Gasteiger partial charge in [0.15, 0.2) is 5.69 Å². The summed E-state index contributed by atoms with van der Waals surface area (Å²) >= 11 is 0. The fourth-order valence-corrected chi connectivity index (χ4v) is 2.86. The predicted octanol–water partition coefficient (Wildman–Crippen LogP) is 1.96. The predicted molar refractivity (Wildman–Crippen MR) is 81.3 cm³/mol. The summed E-state index contributed by atoms with van der Waals surface area (Å²) in [5.74, 6) is -0.439. The molecule has 1 amide bonds. The van der Waals surface area contributed by atoms with Crippen LogP contribution in [0.2, 0.25) is 0 Å². The molecular weight excluding hydrogens is 283 g/mol. The summed E-state index contributed by atoms with van der Waals surface area (Å²) in [6.07, 6.45) is 4.70. The van der Waals surface area contributed by atoms with Gasteiger partial charge < -0.3 is 10.6 Å². The first kappa shape index (κ1) is 14.7. The van der Waals surface area contributed by atoms with Crippen molar-refractivity contribution in [3.05, 3.63) is 48.0 Å². The van der Waals surface area contributed by atoms with E-state index in [9.17, 15) is 9.18 Å². The first-order chi connectivity index (χ1) is 10.7. The van der Waals surface area contributed by atoms with Gasteiger partial charge in [-0.3, -0.25) is 4.79 Å². The normalized spacial score (nSPS) is 18.5. The van der Waals surface area contributed by atoms with Crippen LogP contribution in [0.3, 0.4) is 0 Å². The molecule has 1 aliphatic rings. The summed E-state index contributed by atoms with van der Waals surface area (Å²) in [6, 6.07) is 7.86. The maximum absolute atomic E-state index is 13.3. The van der Waals surface area contributed by atoms with Gasteiger partial charge in [0.2, 0.25) is 0 Å². The summed E-state index contributed by atoms with van der Waals surface area (Å²) in [4.78, 5) is 14.4. The molecule has 5 nitrogen and oxygen atoms in total. The quantitative estimate of drug-likeness (QED) is 0.942. The second kappa shape index (κ2) is 6.27. The molecule has 1 fully saturated rings. The van der Waals surface area contributed by atoms with E-state index in [-0.39, 0.29) is 17.8 Å². The molecule has 2 aromatic rings. The number of likely N-dealkylation sites (tertiary alicyclic amines) is 1. The van der Waals surface area contributed by atoms with Crippen LogP contribution in [0.25, 0.3) is 5.69 Å². The molecule has 0 saturated carbocycles. The van der Waals surface area contributed by atoms with Crippen molar-refractivity contribution < 1.29 is 9.18 Å². The average molecular weight is 302 g/mol. The summed E-state index contributed by atoms with van der Waals surface area (Å²) in [7, 11) is 0. The Bertz CT molecular complexity index is 670. The Kier molecular flexibility index (Phi) is 4.20. The number of amides is 1. The average Bonchev–Trinajstić information content (AvgIpc) is 3.04. The topological polar surface area (TPSA) is 64.2 Å². The van der Waals surface area contributed by atoms with E-state index < -0.39 is 0 Å². The zero-order valence-electron chi connectivity index (χ0n) is 12.3. The Labute approximate surface area is 128 Å². The number of hydrogen-bond acceptors (Lipinski definition) is 3. The van der Waals surface area contributed by atoms with E-state index in [1.54, 1.807) is 24.4 Å². The number of halogens is 1. The molecule has 0 spiro atoms. The van der Waals surface area contributed by atoms with Crippen molar-refractivity contribution in [3.63, 3.8) is 0 Å². The van der Waals surface area contributed by atoms with Gasteiger partial charge in [-0.25, -0.2) is 9.07 Å². The fourth-order valence-electron chi connectivity index (χ4n) is 2.86. The van der Waals surface area contributed by atoms with Crippen LogP contribution in [-0.4, -0.2) is 39.7 Å². The van der Waals surface area contributed by atoms with E-state index in [0.717, 1.165) is 19.3 Å². The van der Waals surface area contributed by atoms with Crippen molar-refractivity contribution in [1.29, 1.82) is 0 Å². The van der Waals surface area contributed by atoms with Gasteiger partial charge in [-0.15, -0.1) is 0 Å². The van der Waals surface area contributed by atoms with Crippen LogP contribution in [0.15, 0.2) is 36.5 Å². The van der Waals surface area contributed by atoms with Gasteiger partial charge in [-0.2, -0.15) is 5.10 Å². The summed E-state index contributed by atoms with van der Waals surface area (Å²) in [5.41, 5.74) is 6.72. The fraction of sp³-hybridized carbons (Fsp3) is 0.375. The smallest absolute Gasteiger partial charge is 0.274 e. The van der Waals surface area contributed by atoms with Crippen molar-refractivity contribution in [2.75, 3.05) is 13.1 Å². The molecular formula is C16H19FN4O. The van der Waals surface area contributed by atoms with Crippen molar-refractivity contribution in [2.24, 2.45) is 5.73 Å². The highest BCUT2D eigenvalue weighted by molar-refractivity contribution is 5.92. The van der Waals surface area contributed by atoms with Gasteiger partial charge in [0.05, 0.1) is 5.69 Å². The number of nitrogens with zero attached hydrogens (tertiary/aromatic N) is 3. The van der Waals surface area contributed by atoms with Crippen LogP contribution < -0.4 is 5.73 Å². The lowest BCUT2D eigenvalue weighted by Gasteiger charge is -2.34. The molecule has 1 saturated heterocycles. The van der Waals surface area contributed by atoms with Crippen LogP contribution >= 0.6 is 0 Å². The van der Waals surface area contributed by atoms with Crippen molar-refractivity contribution in [3.8, 4) is 5.69 Å². The van der Waals surface area contributed by atoms with E-state index in [1.807, 2.05) is 4.90 Å². The monoisotopic (exact) mass is 302 g/mol. The minimum Gasteiger partial charge on any atom is -0.333 e. The van der Waals surface area contributed by atoms with Crippen molar-refractivity contribution >= 4 is 5.91 Å². The Morgan fingerprint density at radius 3 is 3.00 bits per heavy atom. The molecule has 116 valence electrons. The van der Waals surface area contributed by atoms with Gasteiger partial charge in [0.25, 0.3) is 5.91 Å². The minimum atomic E-state index is -0.333. The maximum atomic E-state index is 13.3. The molecule has 3 rings (SSSR count). The Morgan fingerprint density at radius 1 is 1.36 bits per heavy atom. The highest BCUT2D eigenvalue weighted by atomic mass is 19.1. The summed E-state index contributed by atoms with van der Waals surface area (Å²) < 4.78 is 14.8. The van der Waals surface area contributed by atoms with Crippen LogP contribution in [0.5, 0.6) is 0 Å². The molecule has 6 heteroatoms. The van der Waals surface area contributed by atoms with Gasteiger partial charge in [-0.1, -0.05) is 6.07 Å². The minimum absolute atomic E-state index is 0.0839. The van der Waals surface area contributed by atoms with Gasteiger partial charge in [0.1, 0.15) is 5.82 Å². The van der Waals surface area contributed by atoms with Crippen LogP contribution in [0.1, 0.15) is 29.8 Å². The van der Waals surface area contributed by atoms with Gasteiger partial charge >= 0.3 is 0 Å².